The van der Waals surface area contributed by atoms with Crippen molar-refractivity contribution in [2.45, 2.75) is 20.3 Å². The molecule has 27 heavy (non-hydrogen) atoms. The zero-order chi connectivity index (χ0) is 19.0. The third-order valence-corrected chi connectivity index (χ3v) is 5.19. The second-order valence-electron chi connectivity index (χ2n) is 7.21. The maximum absolute atomic E-state index is 12.8. The first-order chi connectivity index (χ1) is 13.0. The van der Waals surface area contributed by atoms with E-state index in [1.165, 1.54) is 0 Å². The number of benzene rings is 3. The summed E-state index contributed by atoms with van der Waals surface area (Å²) in [5.41, 5.74) is 3.90. The van der Waals surface area contributed by atoms with Gasteiger partial charge < -0.3 is 10.2 Å². The van der Waals surface area contributed by atoms with Gasteiger partial charge in [-0.15, -0.1) is 0 Å². The van der Waals surface area contributed by atoms with Crippen LogP contribution in [0.3, 0.4) is 0 Å². The molecule has 0 unspecified atom stereocenters. The molecule has 4 nitrogen and oxygen atoms in total. The second-order valence-corrected chi connectivity index (χ2v) is 7.21. The minimum atomic E-state index is -0.350. The van der Waals surface area contributed by atoms with Crippen molar-refractivity contribution >= 4 is 34.0 Å². The largest absolute Gasteiger partial charge is 0.325 e. The average Bonchev–Trinajstić information content (AvgIpc) is 3.04. The molecule has 0 aliphatic carbocycles. The van der Waals surface area contributed by atoms with E-state index in [1.807, 2.05) is 68.4 Å². The molecule has 2 amide bonds. The molecule has 136 valence electrons. The summed E-state index contributed by atoms with van der Waals surface area (Å²) < 4.78 is 0. The molecule has 1 atom stereocenters. The van der Waals surface area contributed by atoms with Crippen molar-refractivity contribution in [3.8, 4) is 0 Å². The lowest BCUT2D eigenvalue weighted by molar-refractivity contribution is -0.122. The summed E-state index contributed by atoms with van der Waals surface area (Å²) in [5.74, 6) is -0.454. The Hall–Kier alpha value is -3.14. The summed E-state index contributed by atoms with van der Waals surface area (Å²) in [5, 5.41) is 5.11. The van der Waals surface area contributed by atoms with Gasteiger partial charge in [0.1, 0.15) is 0 Å². The van der Waals surface area contributed by atoms with E-state index >= 15 is 0 Å². The average molecular weight is 358 g/mol. The minimum Gasteiger partial charge on any atom is -0.325 e. The van der Waals surface area contributed by atoms with Crippen LogP contribution in [0.4, 0.5) is 11.4 Å². The first-order valence-electron chi connectivity index (χ1n) is 9.19. The SMILES string of the molecule is Cc1ccc(N2C[C@@H](C(=O)Nc3cccc4ccccc34)CC2=O)c(C)c1. The third-order valence-electron chi connectivity index (χ3n) is 5.19. The van der Waals surface area contributed by atoms with Crippen LogP contribution >= 0.6 is 0 Å². The number of carbonyl (C=O) groups excluding carboxylic acids is 2. The zero-order valence-corrected chi connectivity index (χ0v) is 15.5. The van der Waals surface area contributed by atoms with Crippen LogP contribution in [0.15, 0.2) is 60.7 Å². The van der Waals surface area contributed by atoms with Crippen LogP contribution in [0.25, 0.3) is 10.8 Å². The Morgan fingerprint density at radius 1 is 1.04 bits per heavy atom. The molecule has 0 bridgehead atoms. The quantitative estimate of drug-likeness (QED) is 0.752. The van der Waals surface area contributed by atoms with Crippen LogP contribution in [-0.2, 0) is 9.59 Å². The van der Waals surface area contributed by atoms with Crippen molar-refractivity contribution in [1.82, 2.24) is 0 Å². The number of nitrogens with one attached hydrogen (secondary N) is 1. The van der Waals surface area contributed by atoms with Crippen molar-refractivity contribution in [2.24, 2.45) is 5.92 Å². The van der Waals surface area contributed by atoms with E-state index in [1.54, 1.807) is 4.90 Å². The number of anilines is 2. The monoisotopic (exact) mass is 358 g/mol. The molecular weight excluding hydrogens is 336 g/mol. The lowest BCUT2D eigenvalue weighted by Crippen LogP contribution is -2.28. The molecular formula is C23H22N2O2. The van der Waals surface area contributed by atoms with Gasteiger partial charge in [0.25, 0.3) is 0 Å². The maximum atomic E-state index is 12.8. The molecule has 0 aromatic heterocycles. The highest BCUT2D eigenvalue weighted by Crippen LogP contribution is 2.30. The van der Waals surface area contributed by atoms with E-state index in [0.717, 1.165) is 33.3 Å². The summed E-state index contributed by atoms with van der Waals surface area (Å²) in [4.78, 5) is 27.1. The van der Waals surface area contributed by atoms with Crippen molar-refractivity contribution in [3.63, 3.8) is 0 Å². The van der Waals surface area contributed by atoms with E-state index in [-0.39, 0.29) is 24.2 Å². The van der Waals surface area contributed by atoms with Gasteiger partial charge in [0.15, 0.2) is 0 Å². The summed E-state index contributed by atoms with van der Waals surface area (Å²) in [7, 11) is 0. The number of amides is 2. The van der Waals surface area contributed by atoms with E-state index < -0.39 is 0 Å². The lowest BCUT2D eigenvalue weighted by atomic mass is 10.1. The fourth-order valence-corrected chi connectivity index (χ4v) is 3.79. The number of nitrogens with zero attached hydrogens (tertiary/aromatic N) is 1. The van der Waals surface area contributed by atoms with Crippen LogP contribution in [0, 0.1) is 19.8 Å². The Morgan fingerprint density at radius 3 is 2.63 bits per heavy atom. The number of hydrogen-bond donors (Lipinski definition) is 1. The van der Waals surface area contributed by atoms with E-state index in [4.69, 9.17) is 0 Å². The summed E-state index contributed by atoms with van der Waals surface area (Å²) in [6, 6.07) is 19.8. The maximum Gasteiger partial charge on any atom is 0.229 e. The fourth-order valence-electron chi connectivity index (χ4n) is 3.79. The van der Waals surface area contributed by atoms with Gasteiger partial charge in [-0.3, -0.25) is 9.59 Å². The summed E-state index contributed by atoms with van der Waals surface area (Å²) in [6.07, 6.45) is 0.240. The molecule has 1 aliphatic heterocycles. The lowest BCUT2D eigenvalue weighted by Gasteiger charge is -2.19. The number of fused-ring (bicyclic) bond motifs is 1. The number of carbonyl (C=O) groups is 2. The van der Waals surface area contributed by atoms with Gasteiger partial charge in [-0.05, 0) is 36.9 Å². The van der Waals surface area contributed by atoms with Crippen molar-refractivity contribution in [3.05, 3.63) is 71.8 Å². The molecule has 3 aromatic carbocycles. The predicted octanol–water partition coefficient (Wildman–Crippen LogP) is 4.45. The molecule has 4 rings (SSSR count). The Kier molecular flexibility index (Phi) is 4.40. The molecule has 3 aromatic rings. The molecule has 1 heterocycles. The van der Waals surface area contributed by atoms with Crippen LogP contribution in [0.1, 0.15) is 17.5 Å². The van der Waals surface area contributed by atoms with Gasteiger partial charge in [-0.1, -0.05) is 54.1 Å². The van der Waals surface area contributed by atoms with E-state index in [9.17, 15) is 9.59 Å². The highest BCUT2D eigenvalue weighted by atomic mass is 16.2. The van der Waals surface area contributed by atoms with Crippen LogP contribution in [0.2, 0.25) is 0 Å². The first kappa shape index (κ1) is 17.3. The predicted molar refractivity (Wildman–Crippen MR) is 109 cm³/mol. The molecule has 1 saturated heterocycles. The zero-order valence-electron chi connectivity index (χ0n) is 15.5. The van der Waals surface area contributed by atoms with Crippen LogP contribution in [-0.4, -0.2) is 18.4 Å². The fraction of sp³-hybridized carbons (Fsp3) is 0.217. The molecule has 4 heteroatoms. The number of hydrogen-bond acceptors (Lipinski definition) is 2. The second kappa shape index (κ2) is 6.88. The van der Waals surface area contributed by atoms with Crippen LogP contribution in [0.5, 0.6) is 0 Å². The Morgan fingerprint density at radius 2 is 1.81 bits per heavy atom. The Bertz CT molecular complexity index is 1040. The standard InChI is InChI=1S/C23H22N2O2/c1-15-10-11-21(16(2)12-15)25-14-18(13-22(25)26)23(27)24-20-9-5-7-17-6-3-4-8-19(17)20/h3-12,18H,13-14H2,1-2H3,(H,24,27)/t18-/m0/s1. The van der Waals surface area contributed by atoms with Gasteiger partial charge in [-0.25, -0.2) is 0 Å². The number of aryl methyl sites for hydroxylation is 2. The van der Waals surface area contributed by atoms with Crippen molar-refractivity contribution in [1.29, 1.82) is 0 Å². The normalized spacial score (nSPS) is 16.7. The molecule has 1 fully saturated rings. The molecule has 0 spiro atoms. The molecule has 1 N–H and O–H groups in total. The van der Waals surface area contributed by atoms with Gasteiger partial charge >= 0.3 is 0 Å². The molecule has 0 saturated carbocycles. The summed E-state index contributed by atoms with van der Waals surface area (Å²) >= 11 is 0. The van der Waals surface area contributed by atoms with E-state index in [0.29, 0.717) is 6.54 Å². The number of rotatable bonds is 3. The smallest absolute Gasteiger partial charge is 0.229 e. The first-order valence-corrected chi connectivity index (χ1v) is 9.19. The minimum absolute atomic E-state index is 0.0000211. The van der Waals surface area contributed by atoms with Gasteiger partial charge in [-0.2, -0.15) is 0 Å². The van der Waals surface area contributed by atoms with Crippen LogP contribution < -0.4 is 10.2 Å². The van der Waals surface area contributed by atoms with Crippen molar-refractivity contribution < 1.29 is 9.59 Å². The van der Waals surface area contributed by atoms with Gasteiger partial charge in [0.2, 0.25) is 11.8 Å². The van der Waals surface area contributed by atoms with Gasteiger partial charge in [0.05, 0.1) is 5.92 Å². The third kappa shape index (κ3) is 3.31. The topological polar surface area (TPSA) is 49.4 Å². The van der Waals surface area contributed by atoms with Gasteiger partial charge in [0, 0.05) is 29.7 Å². The Balaban J connectivity index is 1.54. The highest BCUT2D eigenvalue weighted by molar-refractivity contribution is 6.07. The summed E-state index contributed by atoms with van der Waals surface area (Å²) in [6.45, 7) is 4.45. The molecule has 1 aliphatic rings. The highest BCUT2D eigenvalue weighted by Gasteiger charge is 2.35. The Labute approximate surface area is 158 Å². The van der Waals surface area contributed by atoms with Crippen molar-refractivity contribution in [2.75, 3.05) is 16.8 Å². The van der Waals surface area contributed by atoms with E-state index in [2.05, 4.69) is 11.4 Å². The molecule has 0 radical (unpaired) electrons.